The Morgan fingerprint density at radius 1 is 1.14 bits per heavy atom. The third kappa shape index (κ3) is 7.19. The van der Waals surface area contributed by atoms with Gasteiger partial charge >= 0.3 is 5.97 Å². The first-order chi connectivity index (χ1) is 13.4. The third-order valence-corrected chi connectivity index (χ3v) is 5.87. The summed E-state index contributed by atoms with van der Waals surface area (Å²) < 4.78 is 5.00. The van der Waals surface area contributed by atoms with Crippen LogP contribution < -0.4 is 5.32 Å². The zero-order valence-corrected chi connectivity index (χ0v) is 17.8. The number of aryl methyl sites for hydroxylation is 2. The van der Waals surface area contributed by atoms with E-state index in [4.69, 9.17) is 4.74 Å². The molecule has 28 heavy (non-hydrogen) atoms. The molecular weight excluding hydrogens is 376 g/mol. The molecule has 0 atom stereocenters. The van der Waals surface area contributed by atoms with E-state index < -0.39 is 5.97 Å². The van der Waals surface area contributed by atoms with Crippen molar-refractivity contribution in [2.75, 3.05) is 30.5 Å². The molecule has 2 rings (SSSR count). The number of carbonyl (C=O) groups is 3. The van der Waals surface area contributed by atoms with Crippen molar-refractivity contribution >= 4 is 35.2 Å². The normalized spacial score (nSPS) is 14.4. The van der Waals surface area contributed by atoms with Crippen LogP contribution in [0.4, 0.5) is 5.69 Å². The van der Waals surface area contributed by atoms with Crippen LogP contribution in [-0.4, -0.2) is 53.9 Å². The molecule has 7 heteroatoms. The number of nitrogens with one attached hydrogen (secondary N) is 1. The van der Waals surface area contributed by atoms with E-state index in [-0.39, 0.29) is 29.9 Å². The van der Waals surface area contributed by atoms with Crippen LogP contribution in [0.3, 0.4) is 0 Å². The minimum absolute atomic E-state index is 0.0392. The van der Waals surface area contributed by atoms with Crippen molar-refractivity contribution in [1.82, 2.24) is 4.90 Å². The Morgan fingerprint density at radius 2 is 1.86 bits per heavy atom. The van der Waals surface area contributed by atoms with E-state index in [0.29, 0.717) is 11.7 Å². The summed E-state index contributed by atoms with van der Waals surface area (Å²) in [6, 6.07) is 6.03. The number of nitrogens with zero attached hydrogens (tertiary/aromatic N) is 1. The molecule has 1 aromatic carbocycles. The zero-order valence-electron chi connectivity index (χ0n) is 17.0. The quantitative estimate of drug-likeness (QED) is 0.671. The summed E-state index contributed by atoms with van der Waals surface area (Å²) in [4.78, 5) is 37.8. The first-order valence-electron chi connectivity index (χ1n) is 9.73. The lowest BCUT2D eigenvalue weighted by Gasteiger charge is -2.31. The molecule has 1 fully saturated rings. The van der Waals surface area contributed by atoms with Crippen LogP contribution in [0.15, 0.2) is 18.2 Å². The molecule has 0 spiro atoms. The number of carbonyl (C=O) groups excluding carboxylic acids is 3. The molecule has 1 N–H and O–H groups in total. The van der Waals surface area contributed by atoms with Gasteiger partial charge in [0.2, 0.25) is 5.91 Å². The fraction of sp³-hybridized carbons (Fsp3) is 0.571. The van der Waals surface area contributed by atoms with Gasteiger partial charge in [0.1, 0.15) is 0 Å². The minimum Gasteiger partial charge on any atom is -0.455 e. The SMILES string of the molecule is Cc1ccc(NC(=O)COC(=O)CSCC(=O)N(C)C2CCCCC2)c(C)c1. The van der Waals surface area contributed by atoms with Crippen LogP contribution in [0.1, 0.15) is 43.2 Å². The molecule has 1 aliphatic carbocycles. The Balaban J connectivity index is 1.64. The van der Waals surface area contributed by atoms with Crippen LogP contribution >= 0.6 is 11.8 Å². The fourth-order valence-electron chi connectivity index (χ4n) is 3.32. The van der Waals surface area contributed by atoms with Gasteiger partial charge in [-0.25, -0.2) is 0 Å². The highest BCUT2D eigenvalue weighted by molar-refractivity contribution is 8.00. The van der Waals surface area contributed by atoms with Crippen molar-refractivity contribution in [2.45, 2.75) is 52.0 Å². The molecule has 2 amide bonds. The van der Waals surface area contributed by atoms with Crippen molar-refractivity contribution in [3.63, 3.8) is 0 Å². The number of thioether (sulfide) groups is 1. The van der Waals surface area contributed by atoms with Crippen LogP contribution in [0.25, 0.3) is 0 Å². The number of anilines is 1. The zero-order chi connectivity index (χ0) is 20.5. The molecule has 1 aromatic rings. The predicted octanol–water partition coefficient (Wildman–Crippen LogP) is 3.31. The Kier molecular flexibility index (Phi) is 8.83. The van der Waals surface area contributed by atoms with E-state index in [1.807, 2.05) is 44.0 Å². The number of hydrogen-bond acceptors (Lipinski definition) is 5. The van der Waals surface area contributed by atoms with Gasteiger partial charge in [-0.05, 0) is 38.3 Å². The van der Waals surface area contributed by atoms with Gasteiger partial charge in [-0.3, -0.25) is 14.4 Å². The molecular formula is C21H30N2O4S. The summed E-state index contributed by atoms with van der Waals surface area (Å²) in [5, 5.41) is 2.73. The van der Waals surface area contributed by atoms with Crippen LogP contribution in [0.5, 0.6) is 0 Å². The molecule has 0 unspecified atom stereocenters. The maximum absolute atomic E-state index is 12.2. The lowest BCUT2D eigenvalue weighted by Crippen LogP contribution is -2.39. The van der Waals surface area contributed by atoms with Crippen molar-refractivity contribution in [1.29, 1.82) is 0 Å². The Labute approximate surface area is 171 Å². The summed E-state index contributed by atoms with van der Waals surface area (Å²) in [5.74, 6) is -0.526. The Bertz CT molecular complexity index is 702. The topological polar surface area (TPSA) is 75.7 Å². The van der Waals surface area contributed by atoms with E-state index in [1.54, 1.807) is 0 Å². The van der Waals surface area contributed by atoms with Crippen molar-refractivity contribution in [3.05, 3.63) is 29.3 Å². The van der Waals surface area contributed by atoms with Gasteiger partial charge in [0.05, 0.1) is 11.5 Å². The standard InChI is InChI=1S/C21H30N2O4S/c1-15-9-10-18(16(2)11-15)22-19(24)12-27-21(26)14-28-13-20(25)23(3)17-7-5-4-6-8-17/h9-11,17H,4-8,12-14H2,1-3H3,(H,22,24). The van der Waals surface area contributed by atoms with Crippen LogP contribution in [0.2, 0.25) is 0 Å². The van der Waals surface area contributed by atoms with E-state index in [1.165, 1.54) is 31.0 Å². The Hall–Kier alpha value is -2.02. The number of rotatable bonds is 8. The molecule has 154 valence electrons. The number of esters is 1. The smallest absolute Gasteiger partial charge is 0.316 e. The summed E-state index contributed by atoms with van der Waals surface area (Å²) >= 11 is 1.22. The largest absolute Gasteiger partial charge is 0.455 e. The van der Waals surface area contributed by atoms with E-state index in [0.717, 1.165) is 24.0 Å². The molecule has 0 saturated heterocycles. The highest BCUT2D eigenvalue weighted by atomic mass is 32.2. The predicted molar refractivity (Wildman–Crippen MR) is 112 cm³/mol. The molecule has 6 nitrogen and oxygen atoms in total. The number of ether oxygens (including phenoxy) is 1. The highest BCUT2D eigenvalue weighted by Crippen LogP contribution is 2.22. The van der Waals surface area contributed by atoms with Crippen LogP contribution in [-0.2, 0) is 19.1 Å². The van der Waals surface area contributed by atoms with Gasteiger partial charge in [0, 0.05) is 18.8 Å². The maximum atomic E-state index is 12.2. The molecule has 0 bridgehead atoms. The monoisotopic (exact) mass is 406 g/mol. The van der Waals surface area contributed by atoms with Gasteiger partial charge in [0.15, 0.2) is 6.61 Å². The van der Waals surface area contributed by atoms with E-state index in [9.17, 15) is 14.4 Å². The average molecular weight is 407 g/mol. The Morgan fingerprint density at radius 3 is 2.54 bits per heavy atom. The van der Waals surface area contributed by atoms with E-state index in [2.05, 4.69) is 5.32 Å². The molecule has 0 heterocycles. The number of benzene rings is 1. The lowest BCUT2D eigenvalue weighted by atomic mass is 9.94. The second-order valence-electron chi connectivity index (χ2n) is 7.32. The van der Waals surface area contributed by atoms with Gasteiger partial charge < -0.3 is 15.0 Å². The first-order valence-corrected chi connectivity index (χ1v) is 10.9. The summed E-state index contributed by atoms with van der Waals surface area (Å²) in [6.45, 7) is 3.56. The average Bonchev–Trinajstić information content (AvgIpc) is 2.68. The second kappa shape index (κ2) is 11.1. The van der Waals surface area contributed by atoms with Crippen LogP contribution in [0, 0.1) is 13.8 Å². The molecule has 1 saturated carbocycles. The summed E-state index contributed by atoms with van der Waals surface area (Å²) in [7, 11) is 1.84. The molecule has 1 aliphatic rings. The summed E-state index contributed by atoms with van der Waals surface area (Å²) in [5.41, 5.74) is 2.77. The highest BCUT2D eigenvalue weighted by Gasteiger charge is 2.22. The van der Waals surface area contributed by atoms with E-state index >= 15 is 0 Å². The summed E-state index contributed by atoms with van der Waals surface area (Å²) in [6.07, 6.45) is 5.71. The van der Waals surface area contributed by atoms with Gasteiger partial charge in [-0.2, -0.15) is 0 Å². The molecule has 0 radical (unpaired) electrons. The number of hydrogen-bond donors (Lipinski definition) is 1. The van der Waals surface area contributed by atoms with Gasteiger partial charge in [-0.1, -0.05) is 37.0 Å². The second-order valence-corrected chi connectivity index (χ2v) is 8.30. The molecule has 0 aromatic heterocycles. The van der Waals surface area contributed by atoms with Gasteiger partial charge in [0.25, 0.3) is 5.91 Å². The lowest BCUT2D eigenvalue weighted by molar-refractivity contribution is -0.144. The fourth-order valence-corrected chi connectivity index (χ4v) is 4.05. The maximum Gasteiger partial charge on any atom is 0.316 e. The first kappa shape index (κ1) is 22.3. The van der Waals surface area contributed by atoms with Crippen molar-refractivity contribution < 1.29 is 19.1 Å². The third-order valence-electron chi connectivity index (χ3n) is 4.98. The van der Waals surface area contributed by atoms with Gasteiger partial charge in [-0.15, -0.1) is 11.8 Å². The van der Waals surface area contributed by atoms with Crippen molar-refractivity contribution in [3.8, 4) is 0 Å². The van der Waals surface area contributed by atoms with Crippen molar-refractivity contribution in [2.24, 2.45) is 0 Å². The number of amides is 2. The molecule has 0 aliphatic heterocycles. The minimum atomic E-state index is -0.492.